The van der Waals surface area contributed by atoms with Crippen LogP contribution in [0.5, 0.6) is 0 Å². The highest BCUT2D eigenvalue weighted by Gasteiger charge is 2.38. The Balaban J connectivity index is 1.25. The van der Waals surface area contributed by atoms with Crippen molar-refractivity contribution in [2.75, 3.05) is 18.4 Å². The summed E-state index contributed by atoms with van der Waals surface area (Å²) in [6, 6.07) is 8.43. The van der Waals surface area contributed by atoms with Gasteiger partial charge in [-0.3, -0.25) is 9.59 Å². The fourth-order valence-electron chi connectivity index (χ4n) is 4.88. The number of nitrogens with one attached hydrogen (secondary N) is 2. The highest BCUT2D eigenvalue weighted by Crippen LogP contribution is 2.33. The van der Waals surface area contributed by atoms with Crippen LogP contribution in [-0.2, 0) is 16.0 Å². The molecule has 2 aliphatic heterocycles. The molecule has 1 aromatic rings. The lowest BCUT2D eigenvalue weighted by atomic mass is 9.85. The minimum Gasteiger partial charge on any atom is -0.343 e. The van der Waals surface area contributed by atoms with Crippen LogP contribution in [0.1, 0.15) is 56.9 Å². The lowest BCUT2D eigenvalue weighted by Gasteiger charge is -2.24. The molecule has 2 heterocycles. The van der Waals surface area contributed by atoms with E-state index in [-0.39, 0.29) is 17.9 Å². The average Bonchev–Trinajstić information content (AvgIpc) is 3.37. The molecule has 4 rings (SSSR count). The van der Waals surface area contributed by atoms with Gasteiger partial charge < -0.3 is 15.5 Å². The molecule has 0 aromatic heterocycles. The van der Waals surface area contributed by atoms with Crippen molar-refractivity contribution in [3.8, 4) is 0 Å². The van der Waals surface area contributed by atoms with Gasteiger partial charge >= 0.3 is 0 Å². The van der Waals surface area contributed by atoms with Crippen LogP contribution in [0.15, 0.2) is 24.3 Å². The van der Waals surface area contributed by atoms with E-state index in [1.807, 2.05) is 29.2 Å². The first kappa shape index (κ1) is 18.5. The highest BCUT2D eigenvalue weighted by molar-refractivity contribution is 5.95. The van der Waals surface area contributed by atoms with Crippen molar-refractivity contribution < 1.29 is 9.59 Å². The molecule has 27 heavy (non-hydrogen) atoms. The second-order valence-corrected chi connectivity index (χ2v) is 8.38. The van der Waals surface area contributed by atoms with Gasteiger partial charge in [0.1, 0.15) is 0 Å². The van der Waals surface area contributed by atoms with Crippen molar-refractivity contribution in [2.24, 2.45) is 5.92 Å². The molecule has 2 saturated heterocycles. The SMILES string of the molecule is O=C(Nc1ccc(CCC(=O)N2CCCC2)cc1)C1CC2CCCCC2N1. The van der Waals surface area contributed by atoms with Crippen LogP contribution in [0.25, 0.3) is 0 Å². The summed E-state index contributed by atoms with van der Waals surface area (Å²) in [4.78, 5) is 26.7. The highest BCUT2D eigenvalue weighted by atomic mass is 16.2. The first-order valence-corrected chi connectivity index (χ1v) is 10.6. The third-order valence-electron chi connectivity index (χ3n) is 6.49. The van der Waals surface area contributed by atoms with Crippen LogP contribution in [0.4, 0.5) is 5.69 Å². The molecular formula is C22H31N3O2. The predicted molar refractivity (Wildman–Crippen MR) is 106 cm³/mol. The molecule has 3 fully saturated rings. The van der Waals surface area contributed by atoms with Crippen molar-refractivity contribution in [3.05, 3.63) is 29.8 Å². The maximum atomic E-state index is 12.6. The Morgan fingerprint density at radius 1 is 1.04 bits per heavy atom. The molecule has 1 aromatic carbocycles. The number of carbonyl (C=O) groups is 2. The first-order chi connectivity index (χ1) is 13.2. The molecule has 5 nitrogen and oxygen atoms in total. The van der Waals surface area contributed by atoms with Gasteiger partial charge in [0.2, 0.25) is 11.8 Å². The number of aryl methyl sites for hydroxylation is 1. The summed E-state index contributed by atoms with van der Waals surface area (Å²) in [6.07, 6.45) is 9.62. The molecular weight excluding hydrogens is 338 g/mol. The van der Waals surface area contributed by atoms with Gasteiger partial charge in [-0.2, -0.15) is 0 Å². The van der Waals surface area contributed by atoms with Crippen molar-refractivity contribution in [1.29, 1.82) is 0 Å². The summed E-state index contributed by atoms with van der Waals surface area (Å²) in [7, 11) is 0. The van der Waals surface area contributed by atoms with Crippen LogP contribution in [0, 0.1) is 5.92 Å². The molecule has 1 saturated carbocycles. The molecule has 2 N–H and O–H groups in total. The van der Waals surface area contributed by atoms with E-state index in [0.717, 1.165) is 50.0 Å². The molecule has 0 radical (unpaired) electrons. The molecule has 1 aliphatic carbocycles. The van der Waals surface area contributed by atoms with Crippen LogP contribution in [0.2, 0.25) is 0 Å². The summed E-state index contributed by atoms with van der Waals surface area (Å²) in [5.41, 5.74) is 1.98. The molecule has 0 spiro atoms. The van der Waals surface area contributed by atoms with Gasteiger partial charge in [0.05, 0.1) is 6.04 Å². The summed E-state index contributed by atoms with van der Waals surface area (Å²) in [5.74, 6) is 1.02. The van der Waals surface area contributed by atoms with Crippen molar-refractivity contribution in [3.63, 3.8) is 0 Å². The Morgan fingerprint density at radius 2 is 1.78 bits per heavy atom. The van der Waals surface area contributed by atoms with Crippen molar-refractivity contribution in [1.82, 2.24) is 10.2 Å². The first-order valence-electron chi connectivity index (χ1n) is 10.6. The maximum absolute atomic E-state index is 12.6. The average molecular weight is 370 g/mol. The van der Waals surface area contributed by atoms with Gasteiger partial charge in [0.25, 0.3) is 0 Å². The number of amides is 2. The van der Waals surface area contributed by atoms with Crippen LogP contribution in [-0.4, -0.2) is 41.9 Å². The third-order valence-corrected chi connectivity index (χ3v) is 6.49. The molecule has 2 amide bonds. The number of nitrogens with zero attached hydrogens (tertiary/aromatic N) is 1. The predicted octanol–water partition coefficient (Wildman–Crippen LogP) is 3.10. The van der Waals surface area contributed by atoms with Crippen LogP contribution < -0.4 is 10.6 Å². The number of fused-ring (bicyclic) bond motifs is 1. The fraction of sp³-hybridized carbons (Fsp3) is 0.636. The van der Waals surface area contributed by atoms with E-state index in [2.05, 4.69) is 10.6 Å². The van der Waals surface area contributed by atoms with E-state index in [4.69, 9.17) is 0 Å². The number of rotatable bonds is 5. The number of anilines is 1. The van der Waals surface area contributed by atoms with Crippen molar-refractivity contribution in [2.45, 2.75) is 69.9 Å². The summed E-state index contributed by atoms with van der Waals surface area (Å²) >= 11 is 0. The second-order valence-electron chi connectivity index (χ2n) is 8.38. The number of hydrogen-bond acceptors (Lipinski definition) is 3. The number of hydrogen-bond donors (Lipinski definition) is 2. The van der Waals surface area contributed by atoms with E-state index in [1.54, 1.807) is 0 Å². The van der Waals surface area contributed by atoms with Gasteiger partial charge in [-0.05, 0) is 62.1 Å². The molecule has 5 heteroatoms. The smallest absolute Gasteiger partial charge is 0.241 e. The fourth-order valence-corrected chi connectivity index (χ4v) is 4.88. The standard InChI is InChI=1S/C22H31N3O2/c26-21(25-13-3-4-14-25)12-9-16-7-10-18(11-8-16)23-22(27)20-15-17-5-1-2-6-19(17)24-20/h7-8,10-11,17,19-20,24H,1-6,9,12-15H2,(H,23,27). The van der Waals surface area contributed by atoms with E-state index >= 15 is 0 Å². The Bertz CT molecular complexity index is 653. The summed E-state index contributed by atoms with van der Waals surface area (Å²) in [5, 5.41) is 6.58. The maximum Gasteiger partial charge on any atom is 0.241 e. The van der Waals surface area contributed by atoms with E-state index < -0.39 is 0 Å². The largest absolute Gasteiger partial charge is 0.343 e. The van der Waals surface area contributed by atoms with Gasteiger partial charge in [0, 0.05) is 31.2 Å². The topological polar surface area (TPSA) is 61.4 Å². The van der Waals surface area contributed by atoms with E-state index in [9.17, 15) is 9.59 Å². The quantitative estimate of drug-likeness (QED) is 0.838. The monoisotopic (exact) mass is 369 g/mol. The molecule has 146 valence electrons. The number of carbonyl (C=O) groups excluding carboxylic acids is 2. The minimum atomic E-state index is -0.0594. The normalized spacial score (nSPS) is 27.4. The van der Waals surface area contributed by atoms with E-state index in [1.165, 1.54) is 25.7 Å². The van der Waals surface area contributed by atoms with Crippen molar-refractivity contribution >= 4 is 17.5 Å². The second kappa shape index (κ2) is 8.42. The van der Waals surface area contributed by atoms with Gasteiger partial charge in [0.15, 0.2) is 0 Å². The third kappa shape index (κ3) is 4.52. The molecule has 3 atom stereocenters. The van der Waals surface area contributed by atoms with E-state index in [0.29, 0.717) is 18.4 Å². The zero-order chi connectivity index (χ0) is 18.6. The van der Waals surface area contributed by atoms with Gasteiger partial charge in [-0.15, -0.1) is 0 Å². The molecule has 3 unspecified atom stereocenters. The molecule has 0 bridgehead atoms. The zero-order valence-corrected chi connectivity index (χ0v) is 16.1. The minimum absolute atomic E-state index is 0.0594. The van der Waals surface area contributed by atoms with Crippen LogP contribution in [0.3, 0.4) is 0 Å². The van der Waals surface area contributed by atoms with Gasteiger partial charge in [-0.1, -0.05) is 25.0 Å². The zero-order valence-electron chi connectivity index (χ0n) is 16.1. The lowest BCUT2D eigenvalue weighted by Crippen LogP contribution is -2.39. The number of likely N-dealkylation sites (tertiary alicyclic amines) is 1. The summed E-state index contributed by atoms with van der Waals surface area (Å²) in [6.45, 7) is 1.83. The summed E-state index contributed by atoms with van der Waals surface area (Å²) < 4.78 is 0. The lowest BCUT2D eigenvalue weighted by molar-refractivity contribution is -0.130. The Hall–Kier alpha value is -1.88. The Kier molecular flexibility index (Phi) is 5.77. The van der Waals surface area contributed by atoms with Crippen LogP contribution >= 0.6 is 0 Å². The van der Waals surface area contributed by atoms with Gasteiger partial charge in [-0.25, -0.2) is 0 Å². The Morgan fingerprint density at radius 3 is 2.52 bits per heavy atom. The molecule has 3 aliphatic rings. The number of benzene rings is 1. The Labute approximate surface area is 161 Å².